The predicted molar refractivity (Wildman–Crippen MR) is 60.3 cm³/mol. The van der Waals surface area contributed by atoms with E-state index in [0.29, 0.717) is 0 Å². The molecule has 0 heterocycles. The topological polar surface area (TPSA) is 35.2 Å². The summed E-state index contributed by atoms with van der Waals surface area (Å²) >= 11 is 0. The average Bonchev–Trinajstić information content (AvgIpc) is 2.02. The Balaban J connectivity index is 2.23. The van der Waals surface area contributed by atoms with Gasteiger partial charge in [0.15, 0.2) is 0 Å². The fourth-order valence-corrected chi connectivity index (χ4v) is 2.26. The fraction of sp³-hybridized carbons (Fsp3) is 1.00. The number of nitrogens with two attached hydrogens (primary N) is 1. The van der Waals surface area contributed by atoms with Gasteiger partial charge in [-0.05, 0) is 31.6 Å². The third-order valence-corrected chi connectivity index (χ3v) is 3.58. The van der Waals surface area contributed by atoms with Gasteiger partial charge in [-0.15, -0.1) is 0 Å². The molecule has 1 aliphatic rings. The van der Waals surface area contributed by atoms with Crippen molar-refractivity contribution >= 4 is 0 Å². The third kappa shape index (κ3) is 2.71. The van der Waals surface area contributed by atoms with E-state index >= 15 is 0 Å². The van der Waals surface area contributed by atoms with Gasteiger partial charge in [-0.3, -0.25) is 0 Å². The van der Waals surface area contributed by atoms with Crippen molar-refractivity contribution in [1.29, 1.82) is 0 Å². The first-order valence-corrected chi connectivity index (χ1v) is 5.91. The minimum Gasteiger partial charge on any atom is -0.377 e. The molecule has 0 bridgehead atoms. The van der Waals surface area contributed by atoms with Crippen LogP contribution >= 0.6 is 0 Å². The van der Waals surface area contributed by atoms with Crippen molar-refractivity contribution in [3.05, 3.63) is 0 Å². The molecule has 14 heavy (non-hydrogen) atoms. The standard InChI is InChI=1S/C12H25NO/c1-10(2)6-4-7-11(13)12(14-3)8-5-9-12/h10-11H,4-9,13H2,1-3H3. The number of ether oxygens (including phenoxy) is 1. The summed E-state index contributed by atoms with van der Waals surface area (Å²) in [4.78, 5) is 0. The van der Waals surface area contributed by atoms with Crippen molar-refractivity contribution in [3.8, 4) is 0 Å². The molecule has 0 aromatic carbocycles. The van der Waals surface area contributed by atoms with Crippen molar-refractivity contribution in [2.45, 2.75) is 64.0 Å². The van der Waals surface area contributed by atoms with E-state index in [4.69, 9.17) is 10.5 Å². The molecule has 1 saturated carbocycles. The molecule has 0 saturated heterocycles. The molecule has 2 heteroatoms. The Hall–Kier alpha value is -0.0800. The molecule has 2 nitrogen and oxygen atoms in total. The highest BCUT2D eigenvalue weighted by molar-refractivity contribution is 4.97. The van der Waals surface area contributed by atoms with E-state index in [1.807, 2.05) is 7.11 Å². The maximum Gasteiger partial charge on any atom is 0.0828 e. The Morgan fingerprint density at radius 2 is 1.93 bits per heavy atom. The van der Waals surface area contributed by atoms with Gasteiger partial charge < -0.3 is 10.5 Å². The van der Waals surface area contributed by atoms with Gasteiger partial charge >= 0.3 is 0 Å². The normalized spacial score (nSPS) is 22.1. The van der Waals surface area contributed by atoms with Gasteiger partial charge in [-0.25, -0.2) is 0 Å². The number of hydrogen-bond donors (Lipinski definition) is 1. The van der Waals surface area contributed by atoms with E-state index < -0.39 is 0 Å². The van der Waals surface area contributed by atoms with Gasteiger partial charge in [0.25, 0.3) is 0 Å². The van der Waals surface area contributed by atoms with Gasteiger partial charge in [-0.2, -0.15) is 0 Å². The second kappa shape index (κ2) is 5.13. The summed E-state index contributed by atoms with van der Waals surface area (Å²) in [7, 11) is 1.81. The molecular weight excluding hydrogens is 174 g/mol. The highest BCUT2D eigenvalue weighted by Gasteiger charge is 2.42. The molecule has 0 spiro atoms. The van der Waals surface area contributed by atoms with E-state index in [9.17, 15) is 0 Å². The molecule has 84 valence electrons. The highest BCUT2D eigenvalue weighted by Crippen LogP contribution is 2.38. The van der Waals surface area contributed by atoms with Crippen LogP contribution in [0.15, 0.2) is 0 Å². The molecule has 0 radical (unpaired) electrons. The van der Waals surface area contributed by atoms with Gasteiger partial charge in [-0.1, -0.05) is 26.7 Å². The largest absolute Gasteiger partial charge is 0.377 e. The first kappa shape index (κ1) is 12.0. The van der Waals surface area contributed by atoms with E-state index in [-0.39, 0.29) is 11.6 Å². The molecule has 1 atom stereocenters. The Morgan fingerprint density at radius 1 is 1.29 bits per heavy atom. The van der Waals surface area contributed by atoms with Crippen LogP contribution in [0.25, 0.3) is 0 Å². The summed E-state index contributed by atoms with van der Waals surface area (Å²) in [5, 5.41) is 0. The maximum atomic E-state index is 6.19. The molecule has 1 fully saturated rings. The molecule has 1 aliphatic carbocycles. The SMILES string of the molecule is COC1(C(N)CCCC(C)C)CCC1. The average molecular weight is 199 g/mol. The monoisotopic (exact) mass is 199 g/mol. The maximum absolute atomic E-state index is 6.19. The number of rotatable bonds is 6. The second-order valence-corrected chi connectivity index (χ2v) is 5.05. The van der Waals surface area contributed by atoms with Crippen LogP contribution in [0.5, 0.6) is 0 Å². The Bertz CT molecular complexity index is 158. The van der Waals surface area contributed by atoms with Gasteiger partial charge in [0, 0.05) is 13.2 Å². The number of methoxy groups -OCH3 is 1. The van der Waals surface area contributed by atoms with Crippen LogP contribution in [-0.4, -0.2) is 18.8 Å². The van der Waals surface area contributed by atoms with Crippen LogP contribution < -0.4 is 5.73 Å². The number of hydrogen-bond acceptors (Lipinski definition) is 2. The summed E-state index contributed by atoms with van der Waals surface area (Å²) < 4.78 is 5.57. The van der Waals surface area contributed by atoms with E-state index in [2.05, 4.69) is 13.8 Å². The van der Waals surface area contributed by atoms with Gasteiger partial charge in [0.1, 0.15) is 0 Å². The molecule has 0 aromatic rings. The molecular formula is C12H25NO. The molecule has 1 rings (SSSR count). The highest BCUT2D eigenvalue weighted by atomic mass is 16.5. The van der Waals surface area contributed by atoms with Crippen LogP contribution in [0.3, 0.4) is 0 Å². The zero-order chi connectivity index (χ0) is 10.6. The van der Waals surface area contributed by atoms with E-state index in [1.165, 1.54) is 19.3 Å². The van der Waals surface area contributed by atoms with Crippen molar-refractivity contribution in [2.75, 3.05) is 7.11 Å². The Morgan fingerprint density at radius 3 is 2.29 bits per heavy atom. The summed E-state index contributed by atoms with van der Waals surface area (Å²) in [6, 6.07) is 0.250. The lowest BCUT2D eigenvalue weighted by Crippen LogP contribution is -2.54. The summed E-state index contributed by atoms with van der Waals surface area (Å²) in [6.07, 6.45) is 7.24. The predicted octanol–water partition coefficient (Wildman–Crippen LogP) is 2.71. The van der Waals surface area contributed by atoms with Crippen molar-refractivity contribution in [3.63, 3.8) is 0 Å². The van der Waals surface area contributed by atoms with Gasteiger partial charge in [0.05, 0.1) is 5.60 Å². The van der Waals surface area contributed by atoms with E-state index in [1.54, 1.807) is 0 Å². The quantitative estimate of drug-likeness (QED) is 0.714. The lowest BCUT2D eigenvalue weighted by atomic mass is 9.73. The molecule has 2 N–H and O–H groups in total. The van der Waals surface area contributed by atoms with Crippen LogP contribution in [0.2, 0.25) is 0 Å². The molecule has 1 unspecified atom stereocenters. The van der Waals surface area contributed by atoms with Crippen molar-refractivity contribution in [1.82, 2.24) is 0 Å². The summed E-state index contributed by atoms with van der Waals surface area (Å²) in [6.45, 7) is 4.53. The third-order valence-electron chi connectivity index (χ3n) is 3.58. The zero-order valence-electron chi connectivity index (χ0n) is 9.88. The zero-order valence-corrected chi connectivity index (χ0v) is 9.88. The van der Waals surface area contributed by atoms with Crippen LogP contribution in [0.4, 0.5) is 0 Å². The minimum atomic E-state index is 0.0387. The second-order valence-electron chi connectivity index (χ2n) is 5.05. The smallest absolute Gasteiger partial charge is 0.0828 e. The van der Waals surface area contributed by atoms with Crippen LogP contribution in [-0.2, 0) is 4.74 Å². The van der Waals surface area contributed by atoms with Crippen molar-refractivity contribution in [2.24, 2.45) is 11.7 Å². The Kier molecular flexibility index (Phi) is 4.39. The minimum absolute atomic E-state index is 0.0387. The van der Waals surface area contributed by atoms with Crippen molar-refractivity contribution < 1.29 is 4.74 Å². The van der Waals surface area contributed by atoms with E-state index in [0.717, 1.165) is 25.2 Å². The first-order chi connectivity index (χ1) is 6.60. The van der Waals surface area contributed by atoms with Crippen LogP contribution in [0.1, 0.15) is 52.4 Å². The fourth-order valence-electron chi connectivity index (χ4n) is 2.26. The van der Waals surface area contributed by atoms with Crippen LogP contribution in [0, 0.1) is 5.92 Å². The lowest BCUT2D eigenvalue weighted by Gasteiger charge is -2.45. The molecule has 0 aromatic heterocycles. The first-order valence-electron chi connectivity index (χ1n) is 5.91. The molecule has 0 amide bonds. The summed E-state index contributed by atoms with van der Waals surface area (Å²) in [5.41, 5.74) is 6.22. The lowest BCUT2D eigenvalue weighted by molar-refractivity contribution is -0.0918. The molecule has 0 aliphatic heterocycles. The summed E-state index contributed by atoms with van der Waals surface area (Å²) in [5.74, 6) is 0.794. The Labute approximate surface area is 88.2 Å². The van der Waals surface area contributed by atoms with Gasteiger partial charge in [0.2, 0.25) is 0 Å².